The van der Waals surface area contributed by atoms with Gasteiger partial charge in [0.2, 0.25) is 6.71 Å². The highest BCUT2D eigenvalue weighted by Crippen LogP contribution is 2.09. The Kier molecular flexibility index (Phi) is 5.19. The molecular formula is C20H25BN2. The summed E-state index contributed by atoms with van der Waals surface area (Å²) < 4.78 is 0. The molecule has 0 N–H and O–H groups in total. The Hall–Kier alpha value is -2.00. The second-order valence-electron chi connectivity index (χ2n) is 6.50. The second kappa shape index (κ2) is 7.52. The van der Waals surface area contributed by atoms with Crippen molar-refractivity contribution in [2.45, 2.75) is 19.9 Å². The zero-order chi connectivity index (χ0) is 16.1. The molecule has 0 atom stereocenters. The molecule has 0 saturated carbocycles. The summed E-state index contributed by atoms with van der Waals surface area (Å²) in [6.07, 6.45) is 2.28. The molecule has 3 heteroatoms. The summed E-state index contributed by atoms with van der Waals surface area (Å²) >= 11 is 0. The summed E-state index contributed by atoms with van der Waals surface area (Å²) in [7, 11) is 0. The molecule has 23 heavy (non-hydrogen) atoms. The van der Waals surface area contributed by atoms with E-state index in [0.29, 0.717) is 12.8 Å². The van der Waals surface area contributed by atoms with E-state index in [9.17, 15) is 0 Å². The normalized spacial score (nSPS) is 15.7. The Morgan fingerprint density at radius 3 is 1.91 bits per heavy atom. The maximum absolute atomic E-state index is 2.50. The molecule has 0 aromatic heterocycles. The molecule has 1 fully saturated rings. The summed E-state index contributed by atoms with van der Waals surface area (Å²) in [5.41, 5.74) is 2.68. The van der Waals surface area contributed by atoms with Crippen LogP contribution in [0.15, 0.2) is 72.8 Å². The molecule has 1 heterocycles. The topological polar surface area (TPSA) is 6.48 Å². The fraction of sp³-hybridized carbons (Fsp3) is 0.300. The van der Waals surface area contributed by atoms with Crippen molar-refractivity contribution in [3.63, 3.8) is 0 Å². The second-order valence-corrected chi connectivity index (χ2v) is 6.50. The van der Waals surface area contributed by atoms with Crippen LogP contribution in [-0.4, -0.2) is 42.3 Å². The molecule has 118 valence electrons. The van der Waals surface area contributed by atoms with Crippen molar-refractivity contribution in [1.82, 2.24) is 9.80 Å². The number of hydrogen-bond donors (Lipinski definition) is 0. The van der Waals surface area contributed by atoms with E-state index < -0.39 is 0 Å². The third-order valence-corrected chi connectivity index (χ3v) is 4.57. The monoisotopic (exact) mass is 304 g/mol. The highest BCUT2D eigenvalue weighted by molar-refractivity contribution is 6.89. The van der Waals surface area contributed by atoms with Crippen LogP contribution in [-0.2, 0) is 0 Å². The van der Waals surface area contributed by atoms with Gasteiger partial charge in [0.1, 0.15) is 0 Å². The maximum Gasteiger partial charge on any atom is 0.235 e. The number of benzene rings is 2. The highest BCUT2D eigenvalue weighted by atomic mass is 15.4. The third-order valence-electron chi connectivity index (χ3n) is 4.57. The molecule has 2 aromatic rings. The van der Waals surface area contributed by atoms with Gasteiger partial charge in [-0.3, -0.25) is 4.90 Å². The summed E-state index contributed by atoms with van der Waals surface area (Å²) in [5, 5.41) is 0. The van der Waals surface area contributed by atoms with E-state index in [1.54, 1.807) is 0 Å². The van der Waals surface area contributed by atoms with Crippen molar-refractivity contribution in [2.24, 2.45) is 0 Å². The van der Waals surface area contributed by atoms with Gasteiger partial charge in [-0.2, -0.15) is 0 Å². The molecule has 1 aliphatic heterocycles. The predicted octanol–water partition coefficient (Wildman–Crippen LogP) is 2.33. The average Bonchev–Trinajstić information content (AvgIpc) is 3.06. The summed E-state index contributed by atoms with van der Waals surface area (Å²) in [5.74, 6) is 2.34. The first-order valence-corrected chi connectivity index (χ1v) is 8.50. The highest BCUT2D eigenvalue weighted by Gasteiger charge is 2.20. The van der Waals surface area contributed by atoms with E-state index in [2.05, 4.69) is 96.5 Å². The third kappa shape index (κ3) is 4.05. The van der Waals surface area contributed by atoms with Gasteiger partial charge in [0.25, 0.3) is 0 Å². The van der Waals surface area contributed by atoms with Gasteiger partial charge in [-0.25, -0.2) is 0 Å². The molecular weight excluding hydrogens is 279 g/mol. The van der Waals surface area contributed by atoms with E-state index in [1.807, 2.05) is 0 Å². The Morgan fingerprint density at radius 2 is 1.43 bits per heavy atom. The van der Waals surface area contributed by atoms with Crippen molar-refractivity contribution in [1.29, 1.82) is 0 Å². The predicted molar refractivity (Wildman–Crippen MR) is 100 cm³/mol. The van der Waals surface area contributed by atoms with Crippen LogP contribution < -0.4 is 10.9 Å². The summed E-state index contributed by atoms with van der Waals surface area (Å²) in [4.78, 5) is 4.92. The summed E-state index contributed by atoms with van der Waals surface area (Å²) in [6.45, 7) is 8.15. The quantitative estimate of drug-likeness (QED) is 0.782. The molecule has 3 rings (SSSR count). The average molecular weight is 304 g/mol. The van der Waals surface area contributed by atoms with E-state index >= 15 is 0 Å². The standard InChI is InChI=1S/C20H25BN2/c1-18(2)23-16-15-22(17-23)14-13-21(19-9-5-3-6-10-19)20-11-7-4-8-12-20/h3-14,18H,15-17H2,1-2H3. The lowest BCUT2D eigenvalue weighted by Crippen LogP contribution is -2.41. The van der Waals surface area contributed by atoms with Crippen molar-refractivity contribution < 1.29 is 0 Å². The van der Waals surface area contributed by atoms with Gasteiger partial charge in [0.15, 0.2) is 0 Å². The first-order chi connectivity index (χ1) is 11.2. The Balaban J connectivity index is 1.79. The number of rotatable bonds is 5. The minimum atomic E-state index is 0.311. The molecule has 0 aliphatic carbocycles. The lowest BCUT2D eigenvalue weighted by molar-refractivity contribution is 0.240. The van der Waals surface area contributed by atoms with Crippen LogP contribution in [0.2, 0.25) is 0 Å². The van der Waals surface area contributed by atoms with Crippen molar-refractivity contribution in [2.75, 3.05) is 19.8 Å². The van der Waals surface area contributed by atoms with Crippen molar-refractivity contribution >= 4 is 17.6 Å². The fourth-order valence-corrected chi connectivity index (χ4v) is 3.12. The molecule has 0 radical (unpaired) electrons. The van der Waals surface area contributed by atoms with Gasteiger partial charge in [0, 0.05) is 19.1 Å². The van der Waals surface area contributed by atoms with Crippen LogP contribution in [0, 0.1) is 0 Å². The summed E-state index contributed by atoms with van der Waals surface area (Å²) in [6, 6.07) is 22.1. The fourth-order valence-electron chi connectivity index (χ4n) is 3.12. The Morgan fingerprint density at radius 1 is 0.870 bits per heavy atom. The van der Waals surface area contributed by atoms with Crippen LogP contribution in [0.5, 0.6) is 0 Å². The molecule has 0 spiro atoms. The number of nitrogens with zero attached hydrogens (tertiary/aromatic N) is 2. The molecule has 2 nitrogen and oxygen atoms in total. The van der Waals surface area contributed by atoms with Crippen molar-refractivity contribution in [3.8, 4) is 0 Å². The van der Waals surface area contributed by atoms with Crippen LogP contribution in [0.25, 0.3) is 0 Å². The molecule has 1 saturated heterocycles. The number of hydrogen-bond acceptors (Lipinski definition) is 2. The van der Waals surface area contributed by atoms with Gasteiger partial charge >= 0.3 is 0 Å². The first kappa shape index (κ1) is 15.9. The molecule has 1 aliphatic rings. The Bertz CT molecular complexity index is 585. The SMILES string of the molecule is CC(C)N1CCN(C=CB(c2ccccc2)c2ccccc2)C1. The van der Waals surface area contributed by atoms with Gasteiger partial charge in [-0.05, 0) is 20.0 Å². The van der Waals surface area contributed by atoms with Crippen LogP contribution in [0.3, 0.4) is 0 Å². The zero-order valence-corrected chi connectivity index (χ0v) is 14.1. The van der Waals surface area contributed by atoms with Crippen LogP contribution in [0.1, 0.15) is 13.8 Å². The molecule has 2 aromatic carbocycles. The lowest BCUT2D eigenvalue weighted by atomic mass is 9.41. The minimum Gasteiger partial charge on any atom is -0.364 e. The van der Waals surface area contributed by atoms with Gasteiger partial charge in [-0.15, -0.1) is 0 Å². The zero-order valence-electron chi connectivity index (χ0n) is 14.1. The molecule has 0 unspecified atom stereocenters. The molecule has 0 bridgehead atoms. The van der Waals surface area contributed by atoms with Crippen LogP contribution >= 0.6 is 0 Å². The first-order valence-electron chi connectivity index (χ1n) is 8.50. The maximum atomic E-state index is 2.50. The van der Waals surface area contributed by atoms with E-state index in [4.69, 9.17) is 0 Å². The van der Waals surface area contributed by atoms with E-state index in [0.717, 1.165) is 19.8 Å². The van der Waals surface area contributed by atoms with Gasteiger partial charge in [-0.1, -0.05) is 77.6 Å². The Labute approximate surface area is 140 Å². The van der Waals surface area contributed by atoms with Crippen molar-refractivity contribution in [3.05, 3.63) is 72.8 Å². The van der Waals surface area contributed by atoms with E-state index in [-0.39, 0.29) is 0 Å². The minimum absolute atomic E-state index is 0.311. The van der Waals surface area contributed by atoms with Gasteiger partial charge in [0.05, 0.1) is 6.67 Å². The smallest absolute Gasteiger partial charge is 0.235 e. The lowest BCUT2D eigenvalue weighted by Gasteiger charge is -2.20. The largest absolute Gasteiger partial charge is 0.364 e. The van der Waals surface area contributed by atoms with Crippen LogP contribution in [0.4, 0.5) is 0 Å². The van der Waals surface area contributed by atoms with E-state index in [1.165, 1.54) is 10.9 Å². The molecule has 0 amide bonds. The van der Waals surface area contributed by atoms with Gasteiger partial charge < -0.3 is 4.90 Å².